The van der Waals surface area contributed by atoms with Crippen LogP contribution in [0.4, 0.5) is 0 Å². The molecule has 0 atom stereocenters. The number of para-hydroxylation sites is 2. The monoisotopic (exact) mass is 927 g/mol. The summed E-state index contributed by atoms with van der Waals surface area (Å²) in [6.07, 6.45) is 6.07. The van der Waals surface area contributed by atoms with E-state index in [4.69, 9.17) is 11.5 Å². The number of benzene rings is 10. The van der Waals surface area contributed by atoms with Crippen molar-refractivity contribution in [2.75, 3.05) is 0 Å². The van der Waals surface area contributed by atoms with E-state index in [2.05, 4.69) is 231 Å². The van der Waals surface area contributed by atoms with E-state index in [1.807, 2.05) is 23.5 Å². The second-order valence-electron chi connectivity index (χ2n) is 18.7. The van der Waals surface area contributed by atoms with Crippen LogP contribution < -0.4 is 21.9 Å². The number of rotatable bonds is 5. The van der Waals surface area contributed by atoms with Gasteiger partial charge in [0.25, 0.3) is 0 Å². The molecule has 5 N–H and O–H groups in total. The molecule has 0 unspecified atom stereocenters. The summed E-state index contributed by atoms with van der Waals surface area (Å²) >= 11 is 1.85. The largest absolute Gasteiger partial charge is 0.404 e. The van der Waals surface area contributed by atoms with Crippen molar-refractivity contribution in [1.29, 1.82) is 0 Å². The number of hydrogen-bond donors (Lipinski definition) is 2. The fourth-order valence-corrected chi connectivity index (χ4v) is 12.6. The Labute approximate surface area is 410 Å². The number of hydrogen-bond acceptors (Lipinski definition) is 2. The first-order valence-corrected chi connectivity index (χ1v) is 24.9. The molecular weight excluding hydrogens is 885 g/mol. The molecule has 0 aliphatic carbocycles. The second kappa shape index (κ2) is 15.2. The summed E-state index contributed by atoms with van der Waals surface area (Å²) in [7, 11) is 0. The first-order chi connectivity index (χ1) is 35.1. The van der Waals surface area contributed by atoms with Gasteiger partial charge >= 0.3 is 0 Å². The highest BCUT2D eigenvalue weighted by Gasteiger charge is 2.21. The van der Waals surface area contributed by atoms with Crippen LogP contribution in [0, 0.1) is 0 Å². The molecule has 5 heterocycles. The molecule has 0 amide bonds. The highest BCUT2D eigenvalue weighted by Crippen LogP contribution is 2.43. The van der Waals surface area contributed by atoms with Gasteiger partial charge in [-0.1, -0.05) is 115 Å². The minimum Gasteiger partial charge on any atom is -0.404 e. The van der Waals surface area contributed by atoms with Crippen LogP contribution in [-0.2, 0) is 0 Å². The van der Waals surface area contributed by atoms with E-state index in [0.29, 0.717) is 0 Å². The van der Waals surface area contributed by atoms with Gasteiger partial charge in [-0.3, -0.25) is 9.13 Å². The zero-order valence-corrected chi connectivity index (χ0v) is 39.2. The Kier molecular flexibility index (Phi) is 8.51. The topological polar surface area (TPSA) is 73.4 Å². The average molecular weight is 928 g/mol. The number of nitrogens with zero attached hydrogens (tertiary/aromatic N) is 4. The lowest BCUT2D eigenvalue weighted by Gasteiger charge is -2.11. The minimum atomic E-state index is 0.892. The van der Waals surface area contributed by atoms with Crippen molar-refractivity contribution in [3.05, 3.63) is 235 Å². The SMILES string of the molecule is N/C=c1/cccc/c1=C(/[NH3+])n1c2ccccc2c2ccc3cc4c(ccn4-c4cccc(-c5ccc6c(c5)c5ccc7cc8c(ccn8-c8ccccc8)cc7c5n6-c5cc6ccccc6s5)c4)cc3c21. The molecule has 0 aliphatic rings. The Morgan fingerprint density at radius 3 is 1.87 bits per heavy atom. The molecule has 10 aromatic carbocycles. The zero-order valence-electron chi connectivity index (χ0n) is 38.4. The van der Waals surface area contributed by atoms with E-state index in [1.165, 1.54) is 96.6 Å². The molecule has 0 spiro atoms. The van der Waals surface area contributed by atoms with E-state index in [-0.39, 0.29) is 0 Å². The van der Waals surface area contributed by atoms with E-state index in [0.717, 1.165) is 44.2 Å². The van der Waals surface area contributed by atoms with Gasteiger partial charge in [-0.05, 0) is 124 Å². The Morgan fingerprint density at radius 1 is 0.423 bits per heavy atom. The van der Waals surface area contributed by atoms with E-state index in [9.17, 15) is 0 Å². The summed E-state index contributed by atoms with van der Waals surface area (Å²) < 4.78 is 10.7. The van der Waals surface area contributed by atoms with Gasteiger partial charge in [-0.2, -0.15) is 0 Å². The van der Waals surface area contributed by atoms with Crippen molar-refractivity contribution in [3.8, 4) is 27.5 Å². The number of aromatic nitrogens is 4. The van der Waals surface area contributed by atoms with Gasteiger partial charge in [0.15, 0.2) is 0 Å². The lowest BCUT2D eigenvalue weighted by Crippen LogP contribution is -2.55. The molecule has 0 fully saturated rings. The molecule has 15 aromatic rings. The first-order valence-electron chi connectivity index (χ1n) is 24.0. The molecule has 0 saturated heterocycles. The zero-order chi connectivity index (χ0) is 46.9. The third kappa shape index (κ3) is 5.91. The Hall–Kier alpha value is -9.14. The molecular formula is C64H43N6S+. The molecule has 5 aromatic heterocycles. The second-order valence-corrected chi connectivity index (χ2v) is 19.8. The number of quaternary nitrogens is 1. The predicted molar refractivity (Wildman–Crippen MR) is 299 cm³/mol. The molecule has 0 bridgehead atoms. The van der Waals surface area contributed by atoms with Crippen molar-refractivity contribution in [1.82, 2.24) is 18.3 Å². The van der Waals surface area contributed by atoms with Crippen molar-refractivity contribution in [2.24, 2.45) is 5.73 Å². The number of thiophene rings is 1. The molecule has 6 nitrogen and oxygen atoms in total. The van der Waals surface area contributed by atoms with Gasteiger partial charge < -0.3 is 20.6 Å². The standard InChI is InChI=1S/C64H42N6S/c65-38-46-12-4-6-17-49(46)64(66)70-56-19-8-7-18-50(56)51-24-21-42-36-59-44(34-54(42)63(51)70)28-30-68(59)48-16-10-13-39(31-48)40-23-26-57-55(32-40)52-25-22-41-35-58-43(27-29-67(58)47-14-2-1-3-15-47)33-53(41)62(52)69(57)61-37-45-11-5-9-20-60(45)71-61/h1-38H,65-66H2/p+1/b46-38-,64-49+. The summed E-state index contributed by atoms with van der Waals surface area (Å²) in [6, 6.07) is 77.6. The Balaban J connectivity index is 0.887. The van der Waals surface area contributed by atoms with E-state index >= 15 is 0 Å². The van der Waals surface area contributed by atoms with Crippen LogP contribution in [0.3, 0.4) is 0 Å². The van der Waals surface area contributed by atoms with Crippen molar-refractivity contribution >= 4 is 120 Å². The maximum Gasteiger partial charge on any atom is 0.216 e. The fraction of sp³-hybridized carbons (Fsp3) is 0. The van der Waals surface area contributed by atoms with Gasteiger partial charge in [0, 0.05) is 83.0 Å². The van der Waals surface area contributed by atoms with Gasteiger partial charge in [0.05, 0.1) is 38.3 Å². The van der Waals surface area contributed by atoms with Crippen LogP contribution in [0.5, 0.6) is 0 Å². The van der Waals surface area contributed by atoms with Crippen LogP contribution in [0.15, 0.2) is 225 Å². The summed E-state index contributed by atoms with van der Waals surface area (Å²) in [4.78, 5) is 0. The fourth-order valence-electron chi connectivity index (χ4n) is 11.5. The normalized spacial score (nSPS) is 12.9. The lowest BCUT2D eigenvalue weighted by molar-refractivity contribution is -0.254. The smallest absolute Gasteiger partial charge is 0.216 e. The third-order valence-corrected chi connectivity index (χ3v) is 16.0. The van der Waals surface area contributed by atoms with Gasteiger partial charge in [-0.15, -0.1) is 11.3 Å². The van der Waals surface area contributed by atoms with Gasteiger partial charge in [0.1, 0.15) is 5.00 Å². The average Bonchev–Trinajstić information content (AvgIpc) is 4.27. The quantitative estimate of drug-likeness (QED) is 0.177. The van der Waals surface area contributed by atoms with Crippen LogP contribution in [0.1, 0.15) is 0 Å². The van der Waals surface area contributed by atoms with E-state index in [1.54, 1.807) is 6.20 Å². The summed E-state index contributed by atoms with van der Waals surface area (Å²) in [5, 5.41) is 16.5. The Morgan fingerprint density at radius 2 is 1.08 bits per heavy atom. The number of fused-ring (bicyclic) bond motifs is 13. The lowest BCUT2D eigenvalue weighted by atomic mass is 10.0. The predicted octanol–water partition coefficient (Wildman–Crippen LogP) is 13.5. The van der Waals surface area contributed by atoms with Crippen LogP contribution in [0.25, 0.3) is 137 Å². The Bertz CT molecular complexity index is 4820. The van der Waals surface area contributed by atoms with Crippen molar-refractivity contribution in [2.45, 2.75) is 0 Å². The molecule has 0 aliphatic heterocycles. The molecule has 0 saturated carbocycles. The summed E-state index contributed by atoms with van der Waals surface area (Å²) in [5.41, 5.74) is 22.5. The maximum atomic E-state index is 6.15. The van der Waals surface area contributed by atoms with Gasteiger partial charge in [-0.25, -0.2) is 0 Å². The van der Waals surface area contributed by atoms with Crippen LogP contribution in [-0.4, -0.2) is 18.3 Å². The number of nitrogens with two attached hydrogens (primary N) is 1. The summed E-state index contributed by atoms with van der Waals surface area (Å²) in [5.74, 6) is 0.892. The van der Waals surface area contributed by atoms with E-state index < -0.39 is 0 Å². The van der Waals surface area contributed by atoms with Gasteiger partial charge in [0.2, 0.25) is 5.82 Å². The van der Waals surface area contributed by atoms with Crippen molar-refractivity contribution < 1.29 is 5.73 Å². The van der Waals surface area contributed by atoms with Crippen LogP contribution >= 0.6 is 11.3 Å². The third-order valence-electron chi connectivity index (χ3n) is 14.9. The molecule has 15 rings (SSSR count). The molecule has 0 radical (unpaired) electrons. The first kappa shape index (κ1) is 39.8. The van der Waals surface area contributed by atoms with Crippen molar-refractivity contribution in [3.63, 3.8) is 0 Å². The molecule has 7 heteroatoms. The maximum absolute atomic E-state index is 6.15. The highest BCUT2D eigenvalue weighted by atomic mass is 32.1. The molecule has 71 heavy (non-hydrogen) atoms. The highest BCUT2D eigenvalue weighted by molar-refractivity contribution is 7.21. The minimum absolute atomic E-state index is 0.892. The molecule has 334 valence electrons. The van der Waals surface area contributed by atoms with Crippen LogP contribution in [0.2, 0.25) is 0 Å². The summed E-state index contributed by atoms with van der Waals surface area (Å²) in [6.45, 7) is 0.